The SMILES string of the molecule is CC(Nc1cc(C(F)(F)F)cc(N)n1)c1ccccc1Cl. The number of hydrogen-bond donors (Lipinski definition) is 2. The first kappa shape index (κ1) is 15.4. The van der Waals surface area contributed by atoms with Gasteiger partial charge in [0.15, 0.2) is 0 Å². The molecule has 0 aliphatic heterocycles. The van der Waals surface area contributed by atoms with Crippen molar-refractivity contribution in [2.45, 2.75) is 19.1 Å². The molecule has 1 heterocycles. The molecule has 7 heteroatoms. The van der Waals surface area contributed by atoms with Crippen LogP contribution >= 0.6 is 11.6 Å². The van der Waals surface area contributed by atoms with Crippen LogP contribution in [0, 0.1) is 0 Å². The number of alkyl halides is 3. The lowest BCUT2D eigenvalue weighted by atomic mass is 10.1. The normalized spacial score (nSPS) is 13.0. The fourth-order valence-corrected chi connectivity index (χ4v) is 2.21. The van der Waals surface area contributed by atoms with E-state index >= 15 is 0 Å². The zero-order chi connectivity index (χ0) is 15.6. The smallest absolute Gasteiger partial charge is 0.384 e. The Kier molecular flexibility index (Phi) is 4.27. The Hall–Kier alpha value is -1.95. The van der Waals surface area contributed by atoms with Gasteiger partial charge in [-0.3, -0.25) is 0 Å². The van der Waals surface area contributed by atoms with Gasteiger partial charge >= 0.3 is 6.18 Å². The molecule has 21 heavy (non-hydrogen) atoms. The van der Waals surface area contributed by atoms with Crippen LogP contribution in [-0.4, -0.2) is 4.98 Å². The number of aromatic nitrogens is 1. The van der Waals surface area contributed by atoms with Crippen LogP contribution in [0.2, 0.25) is 5.02 Å². The van der Waals surface area contributed by atoms with Crippen molar-refractivity contribution in [3.63, 3.8) is 0 Å². The minimum absolute atomic E-state index is 0.0507. The van der Waals surface area contributed by atoms with Gasteiger partial charge in [-0.15, -0.1) is 0 Å². The molecule has 0 spiro atoms. The van der Waals surface area contributed by atoms with E-state index in [1.165, 1.54) is 0 Å². The van der Waals surface area contributed by atoms with E-state index < -0.39 is 11.7 Å². The summed E-state index contributed by atoms with van der Waals surface area (Å²) in [6, 6.07) is 8.48. The lowest BCUT2D eigenvalue weighted by Gasteiger charge is -2.17. The fraction of sp³-hybridized carbons (Fsp3) is 0.214. The molecule has 0 fully saturated rings. The summed E-state index contributed by atoms with van der Waals surface area (Å²) in [4.78, 5) is 3.87. The highest BCUT2D eigenvalue weighted by atomic mass is 35.5. The lowest BCUT2D eigenvalue weighted by Crippen LogP contribution is -2.12. The average Bonchev–Trinajstić information content (AvgIpc) is 2.37. The molecule has 1 aromatic heterocycles. The first-order valence-electron chi connectivity index (χ1n) is 6.13. The van der Waals surface area contributed by atoms with Gasteiger partial charge < -0.3 is 11.1 Å². The van der Waals surface area contributed by atoms with Gasteiger partial charge in [0.2, 0.25) is 0 Å². The minimum Gasteiger partial charge on any atom is -0.384 e. The quantitative estimate of drug-likeness (QED) is 0.876. The van der Waals surface area contributed by atoms with E-state index in [0.29, 0.717) is 5.02 Å². The minimum atomic E-state index is -4.47. The topological polar surface area (TPSA) is 50.9 Å². The monoisotopic (exact) mass is 315 g/mol. The molecule has 0 aliphatic carbocycles. The molecule has 0 aliphatic rings. The van der Waals surface area contributed by atoms with Crippen molar-refractivity contribution in [1.29, 1.82) is 0 Å². The predicted molar refractivity (Wildman–Crippen MR) is 77.1 cm³/mol. The summed E-state index contributed by atoms with van der Waals surface area (Å²) >= 11 is 6.06. The Morgan fingerprint density at radius 2 is 1.90 bits per heavy atom. The Labute approximate surface area is 124 Å². The Morgan fingerprint density at radius 1 is 1.24 bits per heavy atom. The van der Waals surface area contributed by atoms with E-state index in [-0.39, 0.29) is 17.7 Å². The number of hydrogen-bond acceptors (Lipinski definition) is 3. The molecule has 1 unspecified atom stereocenters. The van der Waals surface area contributed by atoms with Crippen molar-refractivity contribution in [2.24, 2.45) is 0 Å². The molecule has 112 valence electrons. The number of halogens is 4. The largest absolute Gasteiger partial charge is 0.416 e. The number of anilines is 2. The zero-order valence-corrected chi connectivity index (χ0v) is 11.8. The number of nitrogens with two attached hydrogens (primary N) is 1. The van der Waals surface area contributed by atoms with Crippen molar-refractivity contribution < 1.29 is 13.2 Å². The highest BCUT2D eigenvalue weighted by molar-refractivity contribution is 6.31. The van der Waals surface area contributed by atoms with Gasteiger partial charge in [-0.05, 0) is 30.7 Å². The molecule has 0 amide bonds. The van der Waals surface area contributed by atoms with E-state index in [9.17, 15) is 13.2 Å². The molecule has 0 radical (unpaired) electrons. The van der Waals surface area contributed by atoms with E-state index in [2.05, 4.69) is 10.3 Å². The maximum absolute atomic E-state index is 12.7. The first-order valence-corrected chi connectivity index (χ1v) is 6.51. The molecular formula is C14H13ClF3N3. The number of pyridine rings is 1. The highest BCUT2D eigenvalue weighted by Gasteiger charge is 2.31. The molecule has 2 rings (SSSR count). The first-order chi connectivity index (χ1) is 9.77. The van der Waals surface area contributed by atoms with E-state index in [4.69, 9.17) is 17.3 Å². The summed E-state index contributed by atoms with van der Waals surface area (Å²) in [5.41, 5.74) is 5.34. The van der Waals surface area contributed by atoms with Gasteiger partial charge in [0, 0.05) is 5.02 Å². The van der Waals surface area contributed by atoms with Crippen LogP contribution in [0.15, 0.2) is 36.4 Å². The summed E-state index contributed by atoms with van der Waals surface area (Å²) in [6.45, 7) is 1.78. The second-order valence-corrected chi connectivity index (χ2v) is 4.96. The second kappa shape index (κ2) is 5.81. The third-order valence-corrected chi connectivity index (χ3v) is 3.25. The molecule has 0 saturated carbocycles. The van der Waals surface area contributed by atoms with Crippen molar-refractivity contribution in [1.82, 2.24) is 4.98 Å². The molecule has 1 atom stereocenters. The summed E-state index contributed by atoms with van der Waals surface area (Å²) in [5, 5.41) is 3.40. The molecule has 3 N–H and O–H groups in total. The van der Waals surface area contributed by atoms with Crippen molar-refractivity contribution in [2.75, 3.05) is 11.1 Å². The number of nitrogen functional groups attached to an aromatic ring is 1. The maximum atomic E-state index is 12.7. The van der Waals surface area contributed by atoms with Crippen LogP contribution < -0.4 is 11.1 Å². The molecular weight excluding hydrogens is 303 g/mol. The molecule has 1 aromatic carbocycles. The summed E-state index contributed by atoms with van der Waals surface area (Å²) < 4.78 is 38.2. The summed E-state index contributed by atoms with van der Waals surface area (Å²) in [6.07, 6.45) is -4.47. The fourth-order valence-electron chi connectivity index (χ4n) is 1.92. The average molecular weight is 316 g/mol. The van der Waals surface area contributed by atoms with Crippen molar-refractivity contribution in [3.8, 4) is 0 Å². The summed E-state index contributed by atoms with van der Waals surface area (Å²) in [7, 11) is 0. The Morgan fingerprint density at radius 3 is 2.52 bits per heavy atom. The van der Waals surface area contributed by atoms with E-state index in [0.717, 1.165) is 17.7 Å². The standard InChI is InChI=1S/C14H13ClF3N3/c1-8(10-4-2-3-5-11(10)15)20-13-7-9(14(16,17)18)6-12(19)21-13/h2-8H,1H3,(H3,19,20,21). The van der Waals surface area contributed by atoms with Crippen LogP contribution in [0.1, 0.15) is 24.1 Å². The lowest BCUT2D eigenvalue weighted by molar-refractivity contribution is -0.137. The molecule has 0 saturated heterocycles. The van der Waals surface area contributed by atoms with E-state index in [1.807, 2.05) is 0 Å². The van der Waals surface area contributed by atoms with Crippen molar-refractivity contribution in [3.05, 3.63) is 52.5 Å². The number of rotatable bonds is 3. The highest BCUT2D eigenvalue weighted by Crippen LogP contribution is 2.32. The van der Waals surface area contributed by atoms with Crippen LogP contribution in [0.4, 0.5) is 24.8 Å². The second-order valence-electron chi connectivity index (χ2n) is 4.55. The molecule has 0 bridgehead atoms. The van der Waals surface area contributed by atoms with E-state index in [1.54, 1.807) is 31.2 Å². The van der Waals surface area contributed by atoms with Crippen LogP contribution in [0.5, 0.6) is 0 Å². The third kappa shape index (κ3) is 3.78. The predicted octanol–water partition coefficient (Wildman–Crippen LogP) is 4.51. The maximum Gasteiger partial charge on any atom is 0.416 e. The van der Waals surface area contributed by atoms with Gasteiger partial charge in [-0.25, -0.2) is 4.98 Å². The zero-order valence-electron chi connectivity index (χ0n) is 11.1. The molecule has 2 aromatic rings. The van der Waals surface area contributed by atoms with Gasteiger partial charge in [-0.1, -0.05) is 29.8 Å². The number of nitrogens with zero attached hydrogens (tertiary/aromatic N) is 1. The number of benzene rings is 1. The number of nitrogens with one attached hydrogen (secondary N) is 1. The Bertz CT molecular complexity index is 644. The van der Waals surface area contributed by atoms with Crippen molar-refractivity contribution >= 4 is 23.2 Å². The van der Waals surface area contributed by atoms with Gasteiger partial charge in [0.25, 0.3) is 0 Å². The van der Waals surface area contributed by atoms with Gasteiger partial charge in [0.1, 0.15) is 11.6 Å². The van der Waals surface area contributed by atoms with Gasteiger partial charge in [0.05, 0.1) is 11.6 Å². The van der Waals surface area contributed by atoms with Crippen LogP contribution in [0.25, 0.3) is 0 Å². The Balaban J connectivity index is 2.28. The summed E-state index contributed by atoms with van der Waals surface area (Å²) in [5.74, 6) is -0.145. The molecule has 3 nitrogen and oxygen atoms in total. The van der Waals surface area contributed by atoms with Crippen LogP contribution in [-0.2, 0) is 6.18 Å². The van der Waals surface area contributed by atoms with Crippen LogP contribution in [0.3, 0.4) is 0 Å². The third-order valence-electron chi connectivity index (χ3n) is 2.91. The van der Waals surface area contributed by atoms with Gasteiger partial charge in [-0.2, -0.15) is 13.2 Å².